The molecule has 0 amide bonds. The maximum atomic E-state index is 11.9. The molecule has 0 heterocycles. The van der Waals surface area contributed by atoms with Gasteiger partial charge in [0.05, 0.1) is 12.7 Å². The number of methoxy groups -OCH3 is 1. The van der Waals surface area contributed by atoms with Crippen LogP contribution in [-0.2, 0) is 11.3 Å². The Balaban J connectivity index is 2.34. The lowest BCUT2D eigenvalue weighted by Crippen LogP contribution is -2.24. The van der Waals surface area contributed by atoms with E-state index < -0.39 is 5.97 Å². The Kier molecular flexibility index (Phi) is 4.82. The fraction of sp³-hybridized carbons (Fsp3) is 0.235. The Morgan fingerprint density at radius 2 is 1.86 bits per heavy atom. The summed E-state index contributed by atoms with van der Waals surface area (Å²) < 4.78 is 4.84. The molecule has 2 aromatic rings. The SMILES string of the molecule is CCN(Cc1cccc(N)c1C(=O)OC)c1ccccc1. The lowest BCUT2D eigenvalue weighted by molar-refractivity contribution is 0.0600. The molecule has 4 nitrogen and oxygen atoms in total. The van der Waals surface area contributed by atoms with Crippen molar-refractivity contribution < 1.29 is 9.53 Å². The van der Waals surface area contributed by atoms with Gasteiger partial charge in [0.1, 0.15) is 0 Å². The number of carbonyl (C=O) groups is 1. The smallest absolute Gasteiger partial charge is 0.340 e. The zero-order valence-corrected chi connectivity index (χ0v) is 12.4. The molecule has 2 aromatic carbocycles. The highest BCUT2D eigenvalue weighted by atomic mass is 16.5. The minimum absolute atomic E-state index is 0.396. The molecule has 0 aliphatic carbocycles. The third-order valence-electron chi connectivity index (χ3n) is 3.44. The summed E-state index contributed by atoms with van der Waals surface area (Å²) in [4.78, 5) is 14.1. The van der Waals surface area contributed by atoms with Gasteiger partial charge >= 0.3 is 5.97 Å². The number of nitrogens with zero attached hydrogens (tertiary/aromatic N) is 1. The maximum absolute atomic E-state index is 11.9. The van der Waals surface area contributed by atoms with Crippen LogP contribution in [0, 0.1) is 0 Å². The van der Waals surface area contributed by atoms with E-state index in [1.807, 2.05) is 42.5 Å². The third kappa shape index (κ3) is 3.34. The zero-order valence-electron chi connectivity index (χ0n) is 12.4. The van der Waals surface area contributed by atoms with Crippen LogP contribution < -0.4 is 10.6 Å². The summed E-state index contributed by atoms with van der Waals surface area (Å²) in [6, 6.07) is 15.6. The van der Waals surface area contributed by atoms with Crippen LogP contribution in [0.2, 0.25) is 0 Å². The predicted molar refractivity (Wildman–Crippen MR) is 85.4 cm³/mol. The van der Waals surface area contributed by atoms with Crippen molar-refractivity contribution in [2.24, 2.45) is 0 Å². The molecule has 0 fully saturated rings. The average Bonchev–Trinajstić information content (AvgIpc) is 2.52. The van der Waals surface area contributed by atoms with Crippen LogP contribution in [0.1, 0.15) is 22.8 Å². The summed E-state index contributed by atoms with van der Waals surface area (Å²) in [6.07, 6.45) is 0. The van der Waals surface area contributed by atoms with E-state index in [9.17, 15) is 4.79 Å². The summed E-state index contributed by atoms with van der Waals surface area (Å²) in [5.41, 5.74) is 8.81. The van der Waals surface area contributed by atoms with Gasteiger partial charge in [0.15, 0.2) is 0 Å². The zero-order chi connectivity index (χ0) is 15.2. The van der Waals surface area contributed by atoms with Crippen LogP contribution in [-0.4, -0.2) is 19.6 Å². The first-order valence-electron chi connectivity index (χ1n) is 6.93. The second-order valence-corrected chi connectivity index (χ2v) is 4.72. The van der Waals surface area contributed by atoms with Crippen molar-refractivity contribution in [2.45, 2.75) is 13.5 Å². The number of hydrogen-bond donors (Lipinski definition) is 1. The van der Waals surface area contributed by atoms with Gasteiger partial charge in [0.25, 0.3) is 0 Å². The monoisotopic (exact) mass is 284 g/mol. The van der Waals surface area contributed by atoms with Gasteiger partial charge in [0.2, 0.25) is 0 Å². The van der Waals surface area contributed by atoms with Crippen molar-refractivity contribution in [3.63, 3.8) is 0 Å². The van der Waals surface area contributed by atoms with Crippen molar-refractivity contribution in [1.82, 2.24) is 0 Å². The molecule has 0 saturated heterocycles. The molecule has 0 bridgehead atoms. The molecule has 0 aliphatic heterocycles. The van der Waals surface area contributed by atoms with E-state index in [-0.39, 0.29) is 0 Å². The standard InChI is InChI=1S/C17H20N2O2/c1-3-19(14-9-5-4-6-10-14)12-13-8-7-11-15(18)16(13)17(20)21-2/h4-11H,3,12,18H2,1-2H3. The molecule has 0 radical (unpaired) electrons. The predicted octanol–water partition coefficient (Wildman–Crippen LogP) is 3.08. The molecular weight excluding hydrogens is 264 g/mol. The summed E-state index contributed by atoms with van der Waals surface area (Å²) >= 11 is 0. The first-order chi connectivity index (χ1) is 10.2. The van der Waals surface area contributed by atoms with E-state index in [2.05, 4.69) is 11.8 Å². The topological polar surface area (TPSA) is 55.6 Å². The number of ether oxygens (including phenoxy) is 1. The molecular formula is C17H20N2O2. The van der Waals surface area contributed by atoms with Crippen molar-refractivity contribution >= 4 is 17.3 Å². The van der Waals surface area contributed by atoms with Crippen LogP contribution >= 0.6 is 0 Å². The van der Waals surface area contributed by atoms with Gasteiger partial charge in [-0.05, 0) is 30.7 Å². The Morgan fingerprint density at radius 1 is 1.14 bits per heavy atom. The summed E-state index contributed by atoms with van der Waals surface area (Å²) in [6.45, 7) is 3.52. The van der Waals surface area contributed by atoms with Crippen molar-refractivity contribution in [1.29, 1.82) is 0 Å². The summed E-state index contributed by atoms with van der Waals surface area (Å²) in [7, 11) is 1.37. The van der Waals surface area contributed by atoms with Crippen LogP contribution in [0.5, 0.6) is 0 Å². The quantitative estimate of drug-likeness (QED) is 0.677. The van der Waals surface area contributed by atoms with Crippen molar-refractivity contribution in [2.75, 3.05) is 24.3 Å². The lowest BCUT2D eigenvalue weighted by atomic mass is 10.0. The van der Waals surface area contributed by atoms with E-state index in [0.717, 1.165) is 17.8 Å². The van der Waals surface area contributed by atoms with Gasteiger partial charge in [-0.25, -0.2) is 4.79 Å². The van der Waals surface area contributed by atoms with Crippen LogP contribution in [0.25, 0.3) is 0 Å². The normalized spacial score (nSPS) is 10.2. The number of nitrogen functional groups attached to an aromatic ring is 1. The molecule has 0 saturated carbocycles. The molecule has 4 heteroatoms. The Bertz CT molecular complexity index is 611. The second kappa shape index (κ2) is 6.79. The Hall–Kier alpha value is -2.49. The molecule has 2 N–H and O–H groups in total. The van der Waals surface area contributed by atoms with Gasteiger partial charge in [0, 0.05) is 24.5 Å². The van der Waals surface area contributed by atoms with Crippen LogP contribution in [0.15, 0.2) is 48.5 Å². The van der Waals surface area contributed by atoms with Gasteiger partial charge < -0.3 is 15.4 Å². The number of esters is 1. The van der Waals surface area contributed by atoms with Gasteiger partial charge in [-0.3, -0.25) is 0 Å². The molecule has 21 heavy (non-hydrogen) atoms. The number of hydrogen-bond acceptors (Lipinski definition) is 4. The van der Waals surface area contributed by atoms with E-state index in [1.54, 1.807) is 6.07 Å². The Morgan fingerprint density at radius 3 is 2.48 bits per heavy atom. The second-order valence-electron chi connectivity index (χ2n) is 4.72. The van der Waals surface area contributed by atoms with Crippen molar-refractivity contribution in [3.05, 3.63) is 59.7 Å². The van der Waals surface area contributed by atoms with E-state index in [4.69, 9.17) is 10.5 Å². The molecule has 0 unspecified atom stereocenters. The van der Waals surface area contributed by atoms with E-state index >= 15 is 0 Å². The number of rotatable bonds is 5. The Labute approximate surface area is 125 Å². The highest BCUT2D eigenvalue weighted by molar-refractivity contribution is 5.96. The maximum Gasteiger partial charge on any atom is 0.340 e. The van der Waals surface area contributed by atoms with Gasteiger partial charge in [-0.1, -0.05) is 30.3 Å². The van der Waals surface area contributed by atoms with Gasteiger partial charge in [-0.2, -0.15) is 0 Å². The lowest BCUT2D eigenvalue weighted by Gasteiger charge is -2.24. The number of nitrogens with two attached hydrogens (primary N) is 1. The molecule has 0 spiro atoms. The fourth-order valence-electron chi connectivity index (χ4n) is 2.33. The molecule has 0 atom stereocenters. The largest absolute Gasteiger partial charge is 0.465 e. The summed E-state index contributed by atoms with van der Waals surface area (Å²) in [5.74, 6) is -0.396. The molecule has 0 aliphatic rings. The van der Waals surface area contributed by atoms with E-state index in [0.29, 0.717) is 17.8 Å². The number of carbonyl (C=O) groups excluding carboxylic acids is 1. The van der Waals surface area contributed by atoms with E-state index in [1.165, 1.54) is 7.11 Å². The molecule has 2 rings (SSSR count). The fourth-order valence-corrected chi connectivity index (χ4v) is 2.33. The summed E-state index contributed by atoms with van der Waals surface area (Å²) in [5, 5.41) is 0. The number of benzene rings is 2. The minimum Gasteiger partial charge on any atom is -0.465 e. The number of para-hydroxylation sites is 1. The highest BCUT2D eigenvalue weighted by Gasteiger charge is 2.17. The minimum atomic E-state index is -0.396. The first kappa shape index (κ1) is 14.9. The van der Waals surface area contributed by atoms with Crippen LogP contribution in [0.3, 0.4) is 0 Å². The molecule has 0 aromatic heterocycles. The van der Waals surface area contributed by atoms with Crippen molar-refractivity contribution in [3.8, 4) is 0 Å². The third-order valence-corrected chi connectivity index (χ3v) is 3.44. The average molecular weight is 284 g/mol. The molecule has 110 valence electrons. The number of anilines is 2. The van der Waals surface area contributed by atoms with Crippen LogP contribution in [0.4, 0.5) is 11.4 Å². The van der Waals surface area contributed by atoms with Gasteiger partial charge in [-0.15, -0.1) is 0 Å². The first-order valence-corrected chi connectivity index (χ1v) is 6.93. The highest BCUT2D eigenvalue weighted by Crippen LogP contribution is 2.22.